The highest BCUT2D eigenvalue weighted by Crippen LogP contribution is 2.32. The summed E-state index contributed by atoms with van der Waals surface area (Å²) in [5.41, 5.74) is 1.64. The Morgan fingerprint density at radius 1 is 0.970 bits per heavy atom. The molecule has 1 atom stereocenters. The number of amides is 1. The van der Waals surface area contributed by atoms with Crippen LogP contribution in [0.3, 0.4) is 0 Å². The molecule has 1 saturated heterocycles. The number of ether oxygens (including phenoxy) is 1. The van der Waals surface area contributed by atoms with Gasteiger partial charge in [-0.3, -0.25) is 19.3 Å². The van der Waals surface area contributed by atoms with E-state index in [4.69, 9.17) is 9.15 Å². The molecular formula is C26H24N2O5. The number of benzene rings is 2. The maximum Gasteiger partial charge on any atom is 0.238 e. The summed E-state index contributed by atoms with van der Waals surface area (Å²) in [5, 5.41) is 2.86. The quantitative estimate of drug-likeness (QED) is 0.468. The van der Waals surface area contributed by atoms with Crippen molar-refractivity contribution in [1.82, 2.24) is 4.90 Å². The number of ketones is 2. The van der Waals surface area contributed by atoms with E-state index >= 15 is 0 Å². The van der Waals surface area contributed by atoms with E-state index < -0.39 is 0 Å². The van der Waals surface area contributed by atoms with Crippen molar-refractivity contribution < 1.29 is 23.5 Å². The van der Waals surface area contributed by atoms with E-state index in [9.17, 15) is 14.4 Å². The van der Waals surface area contributed by atoms with Gasteiger partial charge in [-0.25, -0.2) is 0 Å². The second kappa shape index (κ2) is 9.13. The first-order valence-electron chi connectivity index (χ1n) is 11.1. The number of hydrogen-bond donors (Lipinski definition) is 1. The smallest absolute Gasteiger partial charge is 0.238 e. The van der Waals surface area contributed by atoms with E-state index in [1.165, 1.54) is 0 Å². The average molecular weight is 444 g/mol. The molecule has 2 heterocycles. The Balaban J connectivity index is 1.36. The molecule has 1 aliphatic carbocycles. The molecule has 33 heavy (non-hydrogen) atoms. The van der Waals surface area contributed by atoms with E-state index in [0.717, 1.165) is 25.2 Å². The van der Waals surface area contributed by atoms with Gasteiger partial charge in [0.05, 0.1) is 36.7 Å². The highest BCUT2D eigenvalue weighted by atomic mass is 16.5. The topological polar surface area (TPSA) is 88.8 Å². The van der Waals surface area contributed by atoms with Crippen molar-refractivity contribution in [3.05, 3.63) is 88.9 Å². The number of fused-ring (bicyclic) bond motifs is 2. The van der Waals surface area contributed by atoms with E-state index in [1.54, 1.807) is 48.7 Å². The maximum atomic E-state index is 13.2. The van der Waals surface area contributed by atoms with Crippen molar-refractivity contribution in [2.24, 2.45) is 0 Å². The standard InChI is InChI=1S/C26H24N2O5/c29-23(16-28(14-17-6-4-12-32-17)15-18-7-5-13-33-18)27-22-11-3-10-21-24(22)26(31)20-9-2-1-8-19(20)25(21)30/h1-4,6,8-12,18H,5,7,13-16H2,(H,27,29). The average Bonchev–Trinajstić information content (AvgIpc) is 3.52. The fourth-order valence-electron chi connectivity index (χ4n) is 4.53. The lowest BCUT2D eigenvalue weighted by Gasteiger charge is -2.24. The Hall–Kier alpha value is -3.55. The minimum Gasteiger partial charge on any atom is -0.468 e. The van der Waals surface area contributed by atoms with Crippen LogP contribution in [-0.4, -0.2) is 48.2 Å². The molecular weight excluding hydrogens is 420 g/mol. The van der Waals surface area contributed by atoms with E-state index in [0.29, 0.717) is 35.5 Å². The van der Waals surface area contributed by atoms with Crippen LogP contribution in [0.25, 0.3) is 0 Å². The molecule has 0 radical (unpaired) electrons. The fourth-order valence-corrected chi connectivity index (χ4v) is 4.53. The van der Waals surface area contributed by atoms with Crippen molar-refractivity contribution in [3.63, 3.8) is 0 Å². The number of nitrogens with zero attached hydrogens (tertiary/aromatic N) is 1. The van der Waals surface area contributed by atoms with Crippen molar-refractivity contribution >= 4 is 23.2 Å². The molecule has 2 aromatic carbocycles. The van der Waals surface area contributed by atoms with Gasteiger partial charge in [0.2, 0.25) is 5.91 Å². The van der Waals surface area contributed by atoms with Gasteiger partial charge in [-0.05, 0) is 31.0 Å². The van der Waals surface area contributed by atoms with Crippen LogP contribution in [0.15, 0.2) is 65.3 Å². The fraction of sp³-hybridized carbons (Fsp3) is 0.269. The molecule has 7 nitrogen and oxygen atoms in total. The Bertz CT molecular complexity index is 1200. The van der Waals surface area contributed by atoms with Crippen LogP contribution in [0.1, 0.15) is 50.4 Å². The Kier molecular flexibility index (Phi) is 5.90. The summed E-state index contributed by atoms with van der Waals surface area (Å²) in [6, 6.07) is 15.4. The van der Waals surface area contributed by atoms with Crippen LogP contribution in [0.4, 0.5) is 5.69 Å². The lowest BCUT2D eigenvalue weighted by atomic mass is 9.83. The number of rotatable bonds is 7. The molecule has 1 fully saturated rings. The second-order valence-electron chi connectivity index (χ2n) is 8.36. The molecule has 1 aromatic heterocycles. The summed E-state index contributed by atoms with van der Waals surface area (Å²) < 4.78 is 11.2. The Morgan fingerprint density at radius 2 is 1.76 bits per heavy atom. The zero-order valence-electron chi connectivity index (χ0n) is 18.1. The van der Waals surface area contributed by atoms with Gasteiger partial charge in [0.25, 0.3) is 0 Å². The first-order chi connectivity index (χ1) is 16.1. The van der Waals surface area contributed by atoms with Gasteiger partial charge in [0.15, 0.2) is 11.6 Å². The molecule has 7 heteroatoms. The predicted molar refractivity (Wildman–Crippen MR) is 121 cm³/mol. The van der Waals surface area contributed by atoms with Crippen molar-refractivity contribution in [1.29, 1.82) is 0 Å². The third kappa shape index (κ3) is 4.37. The molecule has 0 saturated carbocycles. The number of carbonyl (C=O) groups excluding carboxylic acids is 3. The minimum atomic E-state index is -0.271. The largest absolute Gasteiger partial charge is 0.468 e. The number of anilines is 1. The summed E-state index contributed by atoms with van der Waals surface area (Å²) in [4.78, 5) is 41.1. The summed E-state index contributed by atoms with van der Waals surface area (Å²) in [7, 11) is 0. The van der Waals surface area contributed by atoms with E-state index in [-0.39, 0.29) is 35.7 Å². The third-order valence-electron chi connectivity index (χ3n) is 6.04. The highest BCUT2D eigenvalue weighted by molar-refractivity contribution is 6.30. The molecule has 1 N–H and O–H groups in total. The summed E-state index contributed by atoms with van der Waals surface area (Å²) in [6.45, 7) is 1.91. The Morgan fingerprint density at radius 3 is 2.48 bits per heavy atom. The monoisotopic (exact) mass is 444 g/mol. The van der Waals surface area contributed by atoms with Gasteiger partial charge in [-0.2, -0.15) is 0 Å². The molecule has 0 bridgehead atoms. The van der Waals surface area contributed by atoms with Gasteiger partial charge in [-0.15, -0.1) is 0 Å². The zero-order chi connectivity index (χ0) is 22.8. The molecule has 1 amide bonds. The maximum absolute atomic E-state index is 13.2. The van der Waals surface area contributed by atoms with Crippen LogP contribution in [0.2, 0.25) is 0 Å². The molecule has 2 aliphatic rings. The van der Waals surface area contributed by atoms with Crippen LogP contribution in [-0.2, 0) is 16.1 Å². The van der Waals surface area contributed by atoms with Crippen LogP contribution >= 0.6 is 0 Å². The first kappa shape index (κ1) is 21.3. The number of nitrogens with one attached hydrogen (secondary N) is 1. The SMILES string of the molecule is O=C(CN(Cc1ccco1)CC1CCCO1)Nc1cccc2c1C(=O)c1ccccc1C2=O. The van der Waals surface area contributed by atoms with Crippen molar-refractivity contribution in [3.8, 4) is 0 Å². The third-order valence-corrected chi connectivity index (χ3v) is 6.04. The second-order valence-corrected chi connectivity index (χ2v) is 8.36. The molecule has 3 aromatic rings. The lowest BCUT2D eigenvalue weighted by Crippen LogP contribution is -2.38. The van der Waals surface area contributed by atoms with Crippen molar-refractivity contribution in [2.45, 2.75) is 25.5 Å². The minimum absolute atomic E-state index is 0.0768. The molecule has 168 valence electrons. The summed E-state index contributed by atoms with van der Waals surface area (Å²) in [5.74, 6) is 0.0133. The first-order valence-corrected chi connectivity index (χ1v) is 11.1. The predicted octanol–water partition coefficient (Wildman–Crippen LogP) is 3.67. The molecule has 5 rings (SSSR count). The normalized spacial score (nSPS) is 17.2. The van der Waals surface area contributed by atoms with Gasteiger partial charge >= 0.3 is 0 Å². The number of carbonyl (C=O) groups is 3. The van der Waals surface area contributed by atoms with Crippen molar-refractivity contribution in [2.75, 3.05) is 25.0 Å². The van der Waals surface area contributed by atoms with Gasteiger partial charge in [0, 0.05) is 29.8 Å². The lowest BCUT2D eigenvalue weighted by molar-refractivity contribution is -0.117. The van der Waals surface area contributed by atoms with Crippen LogP contribution < -0.4 is 5.32 Å². The zero-order valence-corrected chi connectivity index (χ0v) is 18.1. The highest BCUT2D eigenvalue weighted by Gasteiger charge is 2.32. The van der Waals surface area contributed by atoms with E-state index in [1.807, 2.05) is 17.0 Å². The van der Waals surface area contributed by atoms with Gasteiger partial charge in [-0.1, -0.05) is 36.4 Å². The van der Waals surface area contributed by atoms with Gasteiger partial charge in [0.1, 0.15) is 5.76 Å². The summed E-state index contributed by atoms with van der Waals surface area (Å²) >= 11 is 0. The molecule has 0 spiro atoms. The number of hydrogen-bond acceptors (Lipinski definition) is 6. The molecule has 1 aliphatic heterocycles. The Labute approximate surface area is 191 Å². The summed E-state index contributed by atoms with van der Waals surface area (Å²) in [6.07, 6.45) is 3.65. The van der Waals surface area contributed by atoms with Crippen LogP contribution in [0, 0.1) is 0 Å². The van der Waals surface area contributed by atoms with Gasteiger partial charge < -0.3 is 14.5 Å². The van der Waals surface area contributed by atoms with Crippen LogP contribution in [0.5, 0.6) is 0 Å². The number of furan rings is 1. The van der Waals surface area contributed by atoms with E-state index in [2.05, 4.69) is 5.32 Å². The molecule has 1 unspecified atom stereocenters.